The average molecular weight is 266 g/mol. The molecule has 1 aromatic rings. The van der Waals surface area contributed by atoms with Gasteiger partial charge in [0.2, 0.25) is 0 Å². The number of carbonyl (C=O) groups excluding carboxylic acids is 1. The fraction of sp³-hybridized carbons (Fsp3) is 0.500. The molecule has 0 unspecified atom stereocenters. The van der Waals surface area contributed by atoms with Gasteiger partial charge in [0.1, 0.15) is 0 Å². The zero-order valence-corrected chi connectivity index (χ0v) is 11.1. The van der Waals surface area contributed by atoms with Crippen LogP contribution < -0.4 is 10.1 Å². The maximum atomic E-state index is 13.6. The lowest BCUT2D eigenvalue weighted by molar-refractivity contribution is 0.0934. The van der Waals surface area contributed by atoms with Crippen LogP contribution in [0.4, 0.5) is 4.39 Å². The molecule has 1 aromatic carbocycles. The van der Waals surface area contributed by atoms with E-state index in [1.165, 1.54) is 19.2 Å². The minimum atomic E-state index is -0.495. The molecule has 0 amide bonds. The summed E-state index contributed by atoms with van der Waals surface area (Å²) in [4.78, 5) is 14.2. The number of benzene rings is 1. The van der Waals surface area contributed by atoms with Crippen LogP contribution in [0.15, 0.2) is 18.2 Å². The number of hydrogen-bond donors (Lipinski definition) is 1. The molecule has 0 aromatic heterocycles. The number of ketones is 1. The zero-order chi connectivity index (χ0) is 13.7. The minimum Gasteiger partial charge on any atom is -0.494 e. The van der Waals surface area contributed by atoms with Crippen LogP contribution >= 0.6 is 0 Å². The summed E-state index contributed by atoms with van der Waals surface area (Å²) in [7, 11) is 1.41. The van der Waals surface area contributed by atoms with E-state index in [2.05, 4.69) is 10.2 Å². The van der Waals surface area contributed by atoms with Crippen LogP contribution in [-0.2, 0) is 0 Å². The molecule has 0 aliphatic carbocycles. The van der Waals surface area contributed by atoms with E-state index in [9.17, 15) is 9.18 Å². The van der Waals surface area contributed by atoms with Gasteiger partial charge in [-0.2, -0.15) is 0 Å². The fourth-order valence-corrected chi connectivity index (χ4v) is 2.19. The highest BCUT2D eigenvalue weighted by molar-refractivity contribution is 5.97. The van der Waals surface area contributed by atoms with E-state index < -0.39 is 5.82 Å². The Hall–Kier alpha value is -1.46. The molecule has 5 heteroatoms. The maximum Gasteiger partial charge on any atom is 0.176 e. The first kappa shape index (κ1) is 14.0. The first-order valence-corrected chi connectivity index (χ1v) is 6.50. The summed E-state index contributed by atoms with van der Waals surface area (Å²) in [5, 5.41) is 3.28. The Bertz CT molecular complexity index is 443. The second-order valence-corrected chi connectivity index (χ2v) is 4.65. The minimum absolute atomic E-state index is 0.0524. The van der Waals surface area contributed by atoms with E-state index in [1.807, 2.05) is 0 Å². The first-order valence-electron chi connectivity index (χ1n) is 6.50. The van der Waals surface area contributed by atoms with Gasteiger partial charge >= 0.3 is 0 Å². The molecule has 0 spiro atoms. The number of rotatable bonds is 4. The second kappa shape index (κ2) is 6.63. The van der Waals surface area contributed by atoms with Gasteiger partial charge in [-0.15, -0.1) is 0 Å². The predicted molar refractivity (Wildman–Crippen MR) is 71.2 cm³/mol. The van der Waals surface area contributed by atoms with Gasteiger partial charge in [0, 0.05) is 18.7 Å². The van der Waals surface area contributed by atoms with Crippen molar-refractivity contribution in [3.8, 4) is 5.75 Å². The zero-order valence-electron chi connectivity index (χ0n) is 11.1. The van der Waals surface area contributed by atoms with Gasteiger partial charge in [0.25, 0.3) is 0 Å². The van der Waals surface area contributed by atoms with Crippen LogP contribution in [0.5, 0.6) is 5.75 Å². The molecule has 1 fully saturated rings. The summed E-state index contributed by atoms with van der Waals surface area (Å²) in [5.41, 5.74) is 0.399. The Morgan fingerprint density at radius 1 is 1.42 bits per heavy atom. The van der Waals surface area contributed by atoms with Crippen molar-refractivity contribution < 1.29 is 13.9 Å². The van der Waals surface area contributed by atoms with Gasteiger partial charge in [-0.3, -0.25) is 9.69 Å². The molecule has 2 rings (SSSR count). The third-order valence-electron chi connectivity index (χ3n) is 3.27. The number of nitrogens with one attached hydrogen (secondary N) is 1. The molecule has 4 nitrogen and oxygen atoms in total. The van der Waals surface area contributed by atoms with Crippen LogP contribution in [0, 0.1) is 5.82 Å². The predicted octanol–water partition coefficient (Wildman–Crippen LogP) is 1.31. The Labute approximate surface area is 112 Å². The highest BCUT2D eigenvalue weighted by Crippen LogP contribution is 2.18. The number of halogens is 1. The summed E-state index contributed by atoms with van der Waals surface area (Å²) in [6, 6.07) is 4.35. The number of methoxy groups -OCH3 is 1. The average Bonchev–Trinajstić information content (AvgIpc) is 2.67. The van der Waals surface area contributed by atoms with Gasteiger partial charge in [0.05, 0.1) is 13.7 Å². The standard InChI is InChI=1S/C14H19FN2O2/c1-19-14-4-3-11(9-12(14)15)13(18)10-17-7-2-5-16-6-8-17/h3-4,9,16H,2,5-8,10H2,1H3. The van der Waals surface area contributed by atoms with Crippen LogP contribution in [-0.4, -0.2) is 50.5 Å². The molecule has 0 bridgehead atoms. The highest BCUT2D eigenvalue weighted by Gasteiger charge is 2.15. The molecule has 0 atom stereocenters. The van der Waals surface area contributed by atoms with Crippen molar-refractivity contribution in [1.29, 1.82) is 0 Å². The van der Waals surface area contributed by atoms with Gasteiger partial charge in [-0.05, 0) is 37.7 Å². The number of nitrogens with zero attached hydrogens (tertiary/aromatic N) is 1. The summed E-state index contributed by atoms with van der Waals surface area (Å²) >= 11 is 0. The third-order valence-corrected chi connectivity index (χ3v) is 3.27. The molecule has 104 valence electrons. The van der Waals surface area contributed by atoms with Crippen LogP contribution in [0.1, 0.15) is 16.8 Å². The van der Waals surface area contributed by atoms with Crippen molar-refractivity contribution in [3.63, 3.8) is 0 Å². The van der Waals surface area contributed by atoms with E-state index in [-0.39, 0.29) is 11.5 Å². The Kier molecular flexibility index (Phi) is 4.87. The number of carbonyl (C=O) groups is 1. The normalized spacial score (nSPS) is 16.9. The van der Waals surface area contributed by atoms with Crippen molar-refractivity contribution in [2.45, 2.75) is 6.42 Å². The molecule has 1 N–H and O–H groups in total. The molecule has 1 aliphatic rings. The summed E-state index contributed by atoms with van der Waals surface area (Å²) in [6.45, 7) is 3.97. The topological polar surface area (TPSA) is 41.6 Å². The summed E-state index contributed by atoms with van der Waals surface area (Å²) < 4.78 is 18.4. The lowest BCUT2D eigenvalue weighted by Gasteiger charge is -2.18. The van der Waals surface area contributed by atoms with Gasteiger partial charge in [-0.1, -0.05) is 0 Å². The number of ether oxygens (including phenoxy) is 1. The van der Waals surface area contributed by atoms with Crippen molar-refractivity contribution in [2.75, 3.05) is 39.8 Å². The third kappa shape index (κ3) is 3.75. The van der Waals surface area contributed by atoms with Gasteiger partial charge in [0.15, 0.2) is 17.3 Å². The lowest BCUT2D eigenvalue weighted by Crippen LogP contribution is -2.33. The molecule has 1 aliphatic heterocycles. The lowest BCUT2D eigenvalue weighted by atomic mass is 10.1. The molecule has 0 radical (unpaired) electrons. The van der Waals surface area contributed by atoms with Crippen LogP contribution in [0.3, 0.4) is 0 Å². The monoisotopic (exact) mass is 266 g/mol. The van der Waals surface area contributed by atoms with Crippen molar-refractivity contribution in [1.82, 2.24) is 10.2 Å². The van der Waals surface area contributed by atoms with E-state index in [4.69, 9.17) is 4.74 Å². The largest absolute Gasteiger partial charge is 0.494 e. The first-order chi connectivity index (χ1) is 9.20. The quantitative estimate of drug-likeness (QED) is 0.834. The summed E-state index contributed by atoms with van der Waals surface area (Å²) in [6.07, 6.45) is 1.03. The number of Topliss-reactive ketones (excluding diaryl/α,β-unsaturated/α-hetero) is 1. The maximum absolute atomic E-state index is 13.6. The molecular formula is C14H19FN2O2. The van der Waals surface area contributed by atoms with Crippen LogP contribution in [0.2, 0.25) is 0 Å². The highest BCUT2D eigenvalue weighted by atomic mass is 19.1. The van der Waals surface area contributed by atoms with E-state index in [1.54, 1.807) is 6.07 Å². The van der Waals surface area contributed by atoms with E-state index >= 15 is 0 Å². The van der Waals surface area contributed by atoms with Gasteiger partial charge < -0.3 is 10.1 Å². The van der Waals surface area contributed by atoms with E-state index in [0.29, 0.717) is 12.1 Å². The smallest absolute Gasteiger partial charge is 0.176 e. The van der Waals surface area contributed by atoms with Crippen molar-refractivity contribution >= 4 is 5.78 Å². The second-order valence-electron chi connectivity index (χ2n) is 4.65. The van der Waals surface area contributed by atoms with E-state index in [0.717, 1.165) is 32.6 Å². The molecule has 1 heterocycles. The van der Waals surface area contributed by atoms with Crippen LogP contribution in [0.25, 0.3) is 0 Å². The van der Waals surface area contributed by atoms with Gasteiger partial charge in [-0.25, -0.2) is 4.39 Å². The fourth-order valence-electron chi connectivity index (χ4n) is 2.19. The Morgan fingerprint density at radius 3 is 3.00 bits per heavy atom. The SMILES string of the molecule is COc1ccc(C(=O)CN2CCCNCC2)cc1F. The van der Waals surface area contributed by atoms with Crippen molar-refractivity contribution in [3.05, 3.63) is 29.6 Å². The Morgan fingerprint density at radius 2 is 2.26 bits per heavy atom. The number of hydrogen-bond acceptors (Lipinski definition) is 4. The summed E-state index contributed by atoms with van der Waals surface area (Å²) in [5.74, 6) is -0.384. The molecule has 0 saturated carbocycles. The molecule has 19 heavy (non-hydrogen) atoms. The Balaban J connectivity index is 2.00. The molecular weight excluding hydrogens is 247 g/mol. The van der Waals surface area contributed by atoms with Crippen molar-refractivity contribution in [2.24, 2.45) is 0 Å². The molecule has 1 saturated heterocycles.